The van der Waals surface area contributed by atoms with E-state index in [1.807, 2.05) is 0 Å². The van der Waals surface area contributed by atoms with Crippen LogP contribution in [0, 0.1) is 0 Å². The first-order chi connectivity index (χ1) is 15.7. The molecule has 1 heterocycles. The van der Waals surface area contributed by atoms with Gasteiger partial charge in [0.1, 0.15) is 0 Å². The molecule has 1 amide bonds. The molecule has 0 unspecified atom stereocenters. The quantitative estimate of drug-likeness (QED) is 0.295. The van der Waals surface area contributed by atoms with Crippen LogP contribution < -0.4 is 20.2 Å². The Bertz CT molecular complexity index is 1170. The van der Waals surface area contributed by atoms with E-state index in [4.69, 9.17) is 9.47 Å². The zero-order chi connectivity index (χ0) is 24.0. The molecule has 0 saturated heterocycles. The van der Waals surface area contributed by atoms with E-state index in [0.717, 1.165) is 12.1 Å². The number of hydrogen-bond donors (Lipinski definition) is 2. The number of alkyl halides is 3. The second-order valence-corrected chi connectivity index (χ2v) is 8.27. The van der Waals surface area contributed by atoms with Crippen molar-refractivity contribution >= 4 is 50.2 Å². The Hall–Kier alpha value is -3.12. The van der Waals surface area contributed by atoms with Crippen LogP contribution in [0.1, 0.15) is 16.8 Å². The first-order valence-electron chi connectivity index (χ1n) is 9.31. The van der Waals surface area contributed by atoms with Gasteiger partial charge in [-0.25, -0.2) is 10.4 Å². The van der Waals surface area contributed by atoms with Gasteiger partial charge in [-0.15, -0.1) is 11.3 Å². The van der Waals surface area contributed by atoms with Crippen LogP contribution >= 0.6 is 27.3 Å². The summed E-state index contributed by atoms with van der Waals surface area (Å²) in [6.45, 7) is 0. The number of anilines is 2. The lowest BCUT2D eigenvalue weighted by atomic mass is 10.2. The minimum Gasteiger partial charge on any atom is -0.493 e. The minimum atomic E-state index is -4.43. The summed E-state index contributed by atoms with van der Waals surface area (Å²) in [5.74, 6) is 0.640. The molecule has 0 saturated carbocycles. The highest BCUT2D eigenvalue weighted by atomic mass is 79.9. The van der Waals surface area contributed by atoms with Crippen molar-refractivity contribution in [1.82, 2.24) is 10.4 Å². The van der Waals surface area contributed by atoms with E-state index in [9.17, 15) is 18.0 Å². The molecule has 7 nitrogen and oxygen atoms in total. The highest BCUT2D eigenvalue weighted by Crippen LogP contribution is 2.36. The molecule has 0 bridgehead atoms. The topological polar surface area (TPSA) is 84.8 Å². The lowest BCUT2D eigenvalue weighted by Crippen LogP contribution is -2.19. The summed E-state index contributed by atoms with van der Waals surface area (Å²) in [6, 6.07) is 8.25. The largest absolute Gasteiger partial charge is 0.493 e. The highest BCUT2D eigenvalue weighted by Gasteiger charge is 2.30. The fourth-order valence-electron chi connectivity index (χ4n) is 2.74. The minimum absolute atomic E-state index is 0.0479. The van der Waals surface area contributed by atoms with Crippen LogP contribution in [0.5, 0.6) is 11.5 Å². The van der Waals surface area contributed by atoms with Crippen molar-refractivity contribution in [3.05, 3.63) is 63.1 Å². The van der Waals surface area contributed by atoms with Crippen molar-refractivity contribution in [1.29, 1.82) is 0 Å². The van der Waals surface area contributed by atoms with Gasteiger partial charge in [-0.05, 0) is 51.8 Å². The first-order valence-corrected chi connectivity index (χ1v) is 11.0. The maximum Gasteiger partial charge on any atom is 0.416 e. The summed E-state index contributed by atoms with van der Waals surface area (Å²) in [5.41, 5.74) is 3.02. The lowest BCUT2D eigenvalue weighted by molar-refractivity contribution is -0.137. The molecule has 1 aromatic heterocycles. The molecule has 0 atom stereocenters. The molecule has 3 rings (SSSR count). The van der Waals surface area contributed by atoms with Gasteiger partial charge in [0.05, 0.1) is 42.6 Å². The molecule has 0 radical (unpaired) electrons. The zero-order valence-corrected chi connectivity index (χ0v) is 19.8. The fourth-order valence-corrected chi connectivity index (χ4v) is 4.09. The molecule has 12 heteroatoms. The number of nitrogens with zero attached hydrogens (tertiary/aromatic N) is 2. The van der Waals surface area contributed by atoms with Gasteiger partial charge in [-0.2, -0.15) is 18.3 Å². The normalized spacial score (nSPS) is 11.5. The number of ether oxygens (including phenoxy) is 2. The van der Waals surface area contributed by atoms with Crippen molar-refractivity contribution < 1.29 is 27.4 Å². The van der Waals surface area contributed by atoms with Crippen LogP contribution in [0.4, 0.5) is 24.0 Å². The number of hydrogen-bond acceptors (Lipinski definition) is 7. The monoisotopic (exact) mass is 542 g/mol. The summed E-state index contributed by atoms with van der Waals surface area (Å²) in [6.07, 6.45) is -3.03. The van der Waals surface area contributed by atoms with E-state index >= 15 is 0 Å². The summed E-state index contributed by atoms with van der Waals surface area (Å²) in [7, 11) is 3.03. The second kappa shape index (κ2) is 10.7. The average Bonchev–Trinajstić information content (AvgIpc) is 3.19. The van der Waals surface area contributed by atoms with Gasteiger partial charge in [0.2, 0.25) is 5.91 Å². The van der Waals surface area contributed by atoms with Crippen molar-refractivity contribution in [3.8, 4) is 11.5 Å². The molecule has 0 fully saturated rings. The Labute approximate surface area is 199 Å². The molecule has 2 aromatic carbocycles. The number of carbonyl (C=O) groups is 1. The summed E-state index contributed by atoms with van der Waals surface area (Å²) < 4.78 is 49.7. The number of methoxy groups -OCH3 is 2. The summed E-state index contributed by atoms with van der Waals surface area (Å²) >= 11 is 4.56. The van der Waals surface area contributed by atoms with Gasteiger partial charge in [-0.1, -0.05) is 6.07 Å². The number of hydrazone groups is 1. The molecule has 2 N–H and O–H groups in total. The van der Waals surface area contributed by atoms with Gasteiger partial charge >= 0.3 is 6.18 Å². The van der Waals surface area contributed by atoms with Crippen LogP contribution in [0.25, 0.3) is 0 Å². The lowest BCUT2D eigenvalue weighted by Gasteiger charge is -2.10. The molecule has 0 spiro atoms. The Kier molecular flexibility index (Phi) is 7.92. The molecule has 0 aliphatic heterocycles. The number of nitrogens with one attached hydrogen (secondary N) is 2. The van der Waals surface area contributed by atoms with E-state index in [1.54, 1.807) is 17.5 Å². The van der Waals surface area contributed by atoms with E-state index in [0.29, 0.717) is 32.4 Å². The van der Waals surface area contributed by atoms with Crippen LogP contribution in [-0.2, 0) is 17.4 Å². The number of halogens is 4. The van der Waals surface area contributed by atoms with Crippen molar-refractivity contribution in [2.45, 2.75) is 12.6 Å². The third kappa shape index (κ3) is 6.68. The molecule has 0 aliphatic carbocycles. The third-order valence-corrected chi connectivity index (χ3v) is 5.59. The molecular weight excluding hydrogens is 525 g/mol. The number of thiazole rings is 1. The van der Waals surface area contributed by atoms with Crippen molar-refractivity contribution in [2.24, 2.45) is 5.10 Å². The number of rotatable bonds is 8. The third-order valence-electron chi connectivity index (χ3n) is 4.19. The van der Waals surface area contributed by atoms with E-state index < -0.39 is 17.6 Å². The maximum absolute atomic E-state index is 12.8. The number of aromatic nitrogens is 1. The second-order valence-electron chi connectivity index (χ2n) is 6.56. The van der Waals surface area contributed by atoms with Gasteiger partial charge in [0.15, 0.2) is 16.6 Å². The summed E-state index contributed by atoms with van der Waals surface area (Å²) in [5, 5.41) is 8.76. The molecule has 174 valence electrons. The van der Waals surface area contributed by atoms with Crippen molar-refractivity contribution in [3.63, 3.8) is 0 Å². The predicted molar refractivity (Wildman–Crippen MR) is 124 cm³/mol. The molecule has 0 aliphatic rings. The molecule has 3 aromatic rings. The highest BCUT2D eigenvalue weighted by molar-refractivity contribution is 9.10. The first kappa shape index (κ1) is 24.5. The predicted octanol–water partition coefficient (Wildman–Crippen LogP) is 5.38. The Morgan fingerprint density at radius 2 is 2.03 bits per heavy atom. The molecule has 33 heavy (non-hydrogen) atoms. The standard InChI is InChI=1S/C21H18BrF3N4O3S/c1-31-17-7-12(6-16(22)19(17)32-2)10-26-29-18(30)9-15-11-33-20(28-15)27-14-5-3-4-13(8-14)21(23,24)25/h3-8,10-11H,9H2,1-2H3,(H,27,28)(H,29,30)/b26-10-. The van der Waals surface area contributed by atoms with Gasteiger partial charge in [0.25, 0.3) is 0 Å². The Balaban J connectivity index is 1.58. The van der Waals surface area contributed by atoms with Gasteiger partial charge in [0, 0.05) is 11.1 Å². The van der Waals surface area contributed by atoms with Crippen LogP contribution in [0.15, 0.2) is 51.4 Å². The van der Waals surface area contributed by atoms with Crippen LogP contribution in [0.3, 0.4) is 0 Å². The maximum atomic E-state index is 12.8. The van der Waals surface area contributed by atoms with E-state index in [-0.39, 0.29) is 12.1 Å². The number of amides is 1. The summed E-state index contributed by atoms with van der Waals surface area (Å²) in [4.78, 5) is 16.4. The Morgan fingerprint density at radius 1 is 1.24 bits per heavy atom. The smallest absolute Gasteiger partial charge is 0.416 e. The number of benzene rings is 2. The van der Waals surface area contributed by atoms with Crippen molar-refractivity contribution in [2.75, 3.05) is 19.5 Å². The van der Waals surface area contributed by atoms with Gasteiger partial charge < -0.3 is 14.8 Å². The van der Waals surface area contributed by atoms with Crippen LogP contribution in [-0.4, -0.2) is 31.3 Å². The van der Waals surface area contributed by atoms with Gasteiger partial charge in [-0.3, -0.25) is 4.79 Å². The zero-order valence-electron chi connectivity index (χ0n) is 17.4. The SMILES string of the molecule is COc1cc(/C=N\NC(=O)Cc2csc(Nc3cccc(C(F)(F)F)c3)n2)cc(Br)c1OC. The van der Waals surface area contributed by atoms with Crippen LogP contribution in [0.2, 0.25) is 0 Å². The average molecular weight is 543 g/mol. The fraction of sp³-hybridized carbons (Fsp3) is 0.190. The Morgan fingerprint density at radius 3 is 2.73 bits per heavy atom. The van der Waals surface area contributed by atoms with E-state index in [2.05, 4.69) is 36.8 Å². The number of carbonyl (C=O) groups excluding carboxylic acids is 1. The molecular formula is C21H18BrF3N4O3S. The van der Waals surface area contributed by atoms with E-state index in [1.165, 1.54) is 43.9 Å².